The molecule has 6 atom stereocenters. The van der Waals surface area contributed by atoms with Crippen molar-refractivity contribution in [3.8, 4) is 0 Å². The van der Waals surface area contributed by atoms with E-state index in [-0.39, 0.29) is 46.0 Å². The first-order valence-electron chi connectivity index (χ1n) is 23.7. The first-order chi connectivity index (χ1) is 31.2. The van der Waals surface area contributed by atoms with Crippen LogP contribution in [0.5, 0.6) is 0 Å². The number of allylic oxidation sites excluding steroid dienone is 12. The van der Waals surface area contributed by atoms with Crippen LogP contribution in [-0.2, 0) is 38.6 Å². The molecule has 4 rings (SSSR count). The third-order valence-electron chi connectivity index (χ3n) is 13.5. The molecule has 8 nitrogen and oxygen atoms in total. The topological polar surface area (TPSA) is 105 Å². The van der Waals surface area contributed by atoms with Gasteiger partial charge in [-0.25, -0.2) is 16.8 Å². The fraction of sp³-hybridized carbons (Fsp3) is 0.536. The van der Waals surface area contributed by atoms with Crippen LogP contribution in [0.15, 0.2) is 153 Å². The van der Waals surface area contributed by atoms with Gasteiger partial charge in [0.25, 0.3) is 0 Å². The van der Waals surface area contributed by atoms with E-state index >= 15 is 0 Å². The molecule has 0 bridgehead atoms. The molecule has 0 saturated carbocycles. The van der Waals surface area contributed by atoms with Crippen molar-refractivity contribution in [2.75, 3.05) is 27.8 Å². The summed E-state index contributed by atoms with van der Waals surface area (Å²) < 4.78 is 81.8. The zero-order valence-electron chi connectivity index (χ0n) is 42.0. The summed E-state index contributed by atoms with van der Waals surface area (Å²) in [6.07, 6.45) is 22.3. The van der Waals surface area contributed by atoms with E-state index in [9.17, 15) is 16.8 Å². The van der Waals surface area contributed by atoms with Crippen molar-refractivity contribution < 1.29 is 35.8 Å². The van der Waals surface area contributed by atoms with Gasteiger partial charge >= 0.3 is 0 Å². The molecule has 66 heavy (non-hydrogen) atoms. The highest BCUT2D eigenvalue weighted by molar-refractivity contribution is 7.92. The Hall–Kier alpha value is -3.64. The third-order valence-corrected chi connectivity index (χ3v) is 17.6. The van der Waals surface area contributed by atoms with Gasteiger partial charge in [0.1, 0.15) is 24.1 Å². The van der Waals surface area contributed by atoms with Crippen molar-refractivity contribution in [3.63, 3.8) is 0 Å². The molecule has 0 fully saturated rings. The molecule has 2 aromatic rings. The summed E-state index contributed by atoms with van der Waals surface area (Å²) >= 11 is 0. The minimum absolute atomic E-state index is 0.0420. The molecule has 2 aliphatic rings. The van der Waals surface area contributed by atoms with Crippen molar-refractivity contribution in [2.45, 2.75) is 153 Å². The quantitative estimate of drug-likeness (QED) is 0.0582. The second-order valence-electron chi connectivity index (χ2n) is 20.0. The maximum Gasteiger partial charge on any atom is 0.187 e. The molecule has 6 unspecified atom stereocenters. The number of sulfone groups is 2. The van der Waals surface area contributed by atoms with Gasteiger partial charge in [-0.1, -0.05) is 149 Å². The molecule has 0 amide bonds. The Morgan fingerprint density at radius 2 is 0.955 bits per heavy atom. The van der Waals surface area contributed by atoms with Crippen LogP contribution >= 0.6 is 0 Å². The second kappa shape index (κ2) is 25.1. The Morgan fingerprint density at radius 1 is 0.606 bits per heavy atom. The van der Waals surface area contributed by atoms with Gasteiger partial charge in [0.2, 0.25) is 0 Å². The molecule has 2 aliphatic carbocycles. The number of hydrogen-bond acceptors (Lipinski definition) is 8. The van der Waals surface area contributed by atoms with Gasteiger partial charge in [-0.15, -0.1) is 0 Å². The van der Waals surface area contributed by atoms with Gasteiger partial charge in [-0.3, -0.25) is 0 Å². The zero-order valence-corrected chi connectivity index (χ0v) is 43.6. The van der Waals surface area contributed by atoms with Crippen LogP contribution in [0.2, 0.25) is 0 Å². The second-order valence-corrected chi connectivity index (χ2v) is 24.2. The molecule has 10 heteroatoms. The smallest absolute Gasteiger partial charge is 0.187 e. The summed E-state index contributed by atoms with van der Waals surface area (Å²) in [6.45, 7) is 21.2. The molecule has 0 spiro atoms. The Labute approximate surface area is 399 Å². The van der Waals surface area contributed by atoms with Crippen LogP contribution in [0.3, 0.4) is 0 Å². The zero-order chi connectivity index (χ0) is 48.7. The normalized spacial score (nSPS) is 20.5. The number of ether oxygens (including phenoxy) is 4. The third kappa shape index (κ3) is 14.9. The van der Waals surface area contributed by atoms with Crippen LogP contribution in [0.1, 0.15) is 121 Å². The van der Waals surface area contributed by atoms with Crippen molar-refractivity contribution in [2.24, 2.45) is 22.7 Å². The molecule has 0 heterocycles. The first kappa shape index (κ1) is 55.0. The van der Waals surface area contributed by atoms with Crippen LogP contribution in [0.25, 0.3) is 0 Å². The lowest BCUT2D eigenvalue weighted by Gasteiger charge is -2.33. The van der Waals surface area contributed by atoms with Gasteiger partial charge in [0.05, 0.1) is 22.0 Å². The summed E-state index contributed by atoms with van der Waals surface area (Å²) in [5, 5.41) is -2.03. The van der Waals surface area contributed by atoms with Gasteiger partial charge in [-0.05, 0) is 137 Å². The van der Waals surface area contributed by atoms with E-state index in [2.05, 4.69) is 53.7 Å². The molecule has 0 radical (unpaired) electrons. The van der Waals surface area contributed by atoms with Crippen molar-refractivity contribution in [1.29, 1.82) is 0 Å². The van der Waals surface area contributed by atoms with E-state index in [1.165, 1.54) is 36.5 Å². The average Bonchev–Trinajstić information content (AvgIpc) is 3.27. The van der Waals surface area contributed by atoms with Crippen LogP contribution in [-0.4, -0.2) is 67.3 Å². The summed E-state index contributed by atoms with van der Waals surface area (Å²) in [6, 6.07) is 17.1. The monoisotopic (exact) mass is 945 g/mol. The van der Waals surface area contributed by atoms with Crippen molar-refractivity contribution in [1.82, 2.24) is 0 Å². The predicted octanol–water partition coefficient (Wildman–Crippen LogP) is 13.3. The first-order valence-corrected chi connectivity index (χ1v) is 26.8. The highest BCUT2D eigenvalue weighted by Gasteiger charge is 2.39. The van der Waals surface area contributed by atoms with Gasteiger partial charge in [0, 0.05) is 14.2 Å². The van der Waals surface area contributed by atoms with E-state index in [0.717, 1.165) is 49.7 Å². The number of hydrogen-bond donors (Lipinski definition) is 0. The van der Waals surface area contributed by atoms with Gasteiger partial charge in [0.15, 0.2) is 19.7 Å². The van der Waals surface area contributed by atoms with E-state index in [1.807, 2.05) is 76.3 Å². The van der Waals surface area contributed by atoms with E-state index in [1.54, 1.807) is 48.5 Å². The molecule has 2 aromatic carbocycles. The Bertz CT molecular complexity index is 2150. The Balaban J connectivity index is 1.67. The highest BCUT2D eigenvalue weighted by Crippen LogP contribution is 2.42. The summed E-state index contributed by atoms with van der Waals surface area (Å²) in [4.78, 5) is 0.453. The lowest BCUT2D eigenvalue weighted by atomic mass is 9.72. The standard InChI is InChI=1S/C56H80O8S2/c1-41(31-33-49-43(3)25-21-35-55(49,7)8)37-51(65(57,58)47-27-15-13-16-28-47)53(63-39-61-11)45(5)23-19-20-24-46(6)54(64-40-62-12)52(66(59,60)48-29-17-14-18-30-48)38-42(2)32-34-50-44(4)26-22-36-56(50,9)10/h13-20,27-34,37-38,45-46,51-54H,21-26,35-36,39-40H2,1-12H3/b20-19+,33-31+,34-32+,41-37+,42-38+. The molecule has 364 valence electrons. The van der Waals surface area contributed by atoms with Gasteiger partial charge in [-0.2, -0.15) is 0 Å². The van der Waals surface area contributed by atoms with Gasteiger partial charge < -0.3 is 18.9 Å². The summed E-state index contributed by atoms with van der Waals surface area (Å²) in [7, 11) is -4.76. The SMILES string of the molecule is COCOC(C(C)C/C=C/CC(C)C(OCOC)C(/C=C(C)/C=C/C1=C(C)CCCC1(C)C)S(=O)(=O)c1ccccc1)C(/C=C(C)/C=C/C1=C(C)CCCC1(C)C)S(=O)(=O)c1ccccc1. The molecule has 0 aliphatic heterocycles. The fourth-order valence-corrected chi connectivity index (χ4v) is 13.6. The molecule has 0 saturated heterocycles. The molecular weight excluding hydrogens is 865 g/mol. The van der Waals surface area contributed by atoms with E-state index in [0.29, 0.717) is 12.8 Å². The molecule has 0 aromatic heterocycles. The number of methoxy groups -OCH3 is 2. The highest BCUT2D eigenvalue weighted by atomic mass is 32.2. The molecular formula is C56H80O8S2. The van der Waals surface area contributed by atoms with Crippen LogP contribution < -0.4 is 0 Å². The minimum Gasteiger partial charge on any atom is -0.359 e. The van der Waals surface area contributed by atoms with E-state index < -0.39 is 42.4 Å². The maximum atomic E-state index is 14.6. The lowest BCUT2D eigenvalue weighted by molar-refractivity contribution is -0.0863. The van der Waals surface area contributed by atoms with E-state index in [4.69, 9.17) is 18.9 Å². The summed E-state index contributed by atoms with van der Waals surface area (Å²) in [5.74, 6) is -0.523. The number of rotatable bonds is 24. The Kier molecular flexibility index (Phi) is 20.9. The minimum atomic E-state index is -3.91. The Morgan fingerprint density at radius 3 is 1.27 bits per heavy atom. The summed E-state index contributed by atoms with van der Waals surface area (Å²) in [5.41, 5.74) is 7.09. The number of benzene rings is 2. The average molecular weight is 945 g/mol. The molecule has 0 N–H and O–H groups in total. The lowest BCUT2D eigenvalue weighted by Crippen LogP contribution is -2.40. The van der Waals surface area contributed by atoms with Crippen molar-refractivity contribution >= 4 is 19.7 Å². The predicted molar refractivity (Wildman–Crippen MR) is 271 cm³/mol. The largest absolute Gasteiger partial charge is 0.359 e. The van der Waals surface area contributed by atoms with Crippen LogP contribution in [0.4, 0.5) is 0 Å². The van der Waals surface area contributed by atoms with Crippen molar-refractivity contribution in [3.05, 3.63) is 143 Å². The van der Waals surface area contributed by atoms with Crippen LogP contribution in [0, 0.1) is 22.7 Å². The fourth-order valence-electron chi connectivity index (χ4n) is 9.69. The maximum absolute atomic E-state index is 14.6.